The number of carbonyl (C=O) groups is 3. The van der Waals surface area contributed by atoms with Crippen molar-refractivity contribution in [3.05, 3.63) is 65.0 Å². The van der Waals surface area contributed by atoms with Gasteiger partial charge in [-0.25, -0.2) is 9.38 Å². The van der Waals surface area contributed by atoms with Gasteiger partial charge in [0.15, 0.2) is 0 Å². The summed E-state index contributed by atoms with van der Waals surface area (Å²) in [5, 5.41) is 14.5. The number of benzodiazepines with no additional fused rings is 1. The Hall–Kier alpha value is -4.01. The number of hydrogen-bond acceptors (Lipinski definition) is 5. The zero-order valence-electron chi connectivity index (χ0n) is 21.9. The molecule has 1 aliphatic heterocycles. The Kier molecular flexibility index (Phi) is 10.3. The summed E-state index contributed by atoms with van der Waals surface area (Å²) in [5.74, 6) is -7.78. The van der Waals surface area contributed by atoms with Gasteiger partial charge in [-0.1, -0.05) is 30.3 Å². The van der Waals surface area contributed by atoms with Gasteiger partial charge in [0, 0.05) is 41.4 Å². The number of benzene rings is 2. The normalized spacial score (nSPS) is 16.9. The molecule has 3 rings (SSSR count). The second-order valence-electron chi connectivity index (χ2n) is 9.66. The molecule has 5 N–H and O–H groups in total. The first-order valence-electron chi connectivity index (χ1n) is 12.7. The first-order valence-corrected chi connectivity index (χ1v) is 12.7. The van der Waals surface area contributed by atoms with Gasteiger partial charge in [-0.05, 0) is 31.4 Å². The summed E-state index contributed by atoms with van der Waals surface area (Å²) in [6.45, 7) is -0.533. The molecule has 2 aromatic rings. The molecule has 1 aliphatic rings. The Morgan fingerprint density at radius 2 is 1.67 bits per heavy atom. The molecule has 0 aromatic heterocycles. The Morgan fingerprint density at radius 3 is 2.26 bits per heavy atom. The van der Waals surface area contributed by atoms with E-state index in [9.17, 15) is 50.2 Å². The molecule has 0 saturated carbocycles. The Labute approximate surface area is 235 Å². The molecular formula is C27H27F7N4O4. The smallest absolute Gasteiger partial charge is 0.389 e. The van der Waals surface area contributed by atoms with E-state index in [4.69, 9.17) is 5.73 Å². The fraction of sp³-hybridized carbons (Fsp3) is 0.407. The Balaban J connectivity index is 2.01. The van der Waals surface area contributed by atoms with Crippen molar-refractivity contribution in [1.29, 1.82) is 0 Å². The fourth-order valence-electron chi connectivity index (χ4n) is 4.63. The maximum atomic E-state index is 14.1. The highest BCUT2D eigenvalue weighted by atomic mass is 19.4. The minimum atomic E-state index is -4.78. The van der Waals surface area contributed by atoms with Crippen LogP contribution in [0.4, 0.5) is 36.4 Å². The number of nitrogens with two attached hydrogens (primary N) is 1. The number of rotatable bonds is 11. The summed E-state index contributed by atoms with van der Waals surface area (Å²) in [5.41, 5.74) is 5.98. The number of aliphatic imine (C=N–C) groups is 1. The molecule has 3 atom stereocenters. The minimum absolute atomic E-state index is 0.0214. The third kappa shape index (κ3) is 8.74. The van der Waals surface area contributed by atoms with Gasteiger partial charge in [0.1, 0.15) is 5.82 Å². The molecule has 228 valence electrons. The summed E-state index contributed by atoms with van der Waals surface area (Å²) < 4.78 is 91.4. The van der Waals surface area contributed by atoms with E-state index in [1.165, 1.54) is 30.3 Å². The van der Waals surface area contributed by atoms with Crippen LogP contribution in [0.25, 0.3) is 0 Å². The fourth-order valence-corrected chi connectivity index (χ4v) is 4.63. The number of carbonyl (C=O) groups excluding carboxylic acids is 3. The molecule has 0 fully saturated rings. The Morgan fingerprint density at radius 1 is 1.00 bits per heavy atom. The third-order valence-electron chi connectivity index (χ3n) is 6.61. The second kappa shape index (κ2) is 13.3. The van der Waals surface area contributed by atoms with Gasteiger partial charge in [-0.3, -0.25) is 14.4 Å². The summed E-state index contributed by atoms with van der Waals surface area (Å²) in [6, 6.07) is 9.52. The van der Waals surface area contributed by atoms with Crippen LogP contribution in [0.2, 0.25) is 0 Å². The molecule has 1 heterocycles. The molecule has 15 heteroatoms. The zero-order chi connectivity index (χ0) is 31.2. The number of nitrogens with one attached hydrogen (secondary N) is 2. The predicted molar refractivity (Wildman–Crippen MR) is 136 cm³/mol. The number of hydrogen-bond donors (Lipinski definition) is 4. The van der Waals surface area contributed by atoms with Gasteiger partial charge in [0.05, 0.1) is 18.0 Å². The number of primary amides is 1. The number of para-hydroxylation sites is 1. The number of anilines is 1. The molecule has 0 saturated heterocycles. The van der Waals surface area contributed by atoms with Crippen molar-refractivity contribution in [2.75, 3.05) is 5.32 Å². The lowest BCUT2D eigenvalue weighted by Crippen LogP contribution is -2.48. The van der Waals surface area contributed by atoms with Crippen LogP contribution in [0, 0.1) is 17.7 Å². The number of nitrogens with zero attached hydrogens (tertiary/aromatic N) is 1. The van der Waals surface area contributed by atoms with Crippen molar-refractivity contribution in [2.24, 2.45) is 22.6 Å². The molecular weight excluding hydrogens is 577 g/mol. The molecule has 0 aliphatic carbocycles. The maximum absolute atomic E-state index is 14.1. The van der Waals surface area contributed by atoms with E-state index in [1.807, 2.05) is 0 Å². The van der Waals surface area contributed by atoms with Gasteiger partial charge in [-0.2, -0.15) is 26.3 Å². The van der Waals surface area contributed by atoms with Gasteiger partial charge >= 0.3 is 12.4 Å². The van der Waals surface area contributed by atoms with E-state index >= 15 is 0 Å². The average Bonchev–Trinajstić information content (AvgIpc) is 3.02. The number of alkyl halides is 6. The molecule has 3 unspecified atom stereocenters. The van der Waals surface area contributed by atoms with Crippen LogP contribution in [-0.4, -0.2) is 47.1 Å². The average molecular weight is 605 g/mol. The van der Waals surface area contributed by atoms with Crippen molar-refractivity contribution in [3.8, 4) is 0 Å². The Bertz CT molecular complexity index is 1340. The van der Waals surface area contributed by atoms with Gasteiger partial charge in [-0.15, -0.1) is 0 Å². The number of aliphatic hydroxyl groups excluding tert-OH is 1. The third-order valence-corrected chi connectivity index (χ3v) is 6.61. The van der Waals surface area contributed by atoms with Crippen molar-refractivity contribution >= 4 is 29.1 Å². The summed E-state index contributed by atoms with van der Waals surface area (Å²) in [7, 11) is 0. The van der Waals surface area contributed by atoms with E-state index in [0.29, 0.717) is 0 Å². The van der Waals surface area contributed by atoms with Crippen molar-refractivity contribution in [3.63, 3.8) is 0 Å². The van der Waals surface area contributed by atoms with E-state index in [-0.39, 0.29) is 28.1 Å². The first kappa shape index (κ1) is 32.5. The lowest BCUT2D eigenvalue weighted by atomic mass is 9.83. The van der Waals surface area contributed by atoms with Gasteiger partial charge in [0.2, 0.25) is 18.0 Å². The van der Waals surface area contributed by atoms with Crippen LogP contribution in [0.5, 0.6) is 0 Å². The minimum Gasteiger partial charge on any atom is -0.392 e. The van der Waals surface area contributed by atoms with E-state index in [1.54, 1.807) is 0 Å². The lowest BCUT2D eigenvalue weighted by Gasteiger charge is -2.26. The highest BCUT2D eigenvalue weighted by Crippen LogP contribution is 2.32. The molecule has 0 spiro atoms. The van der Waals surface area contributed by atoms with E-state index in [0.717, 1.165) is 12.1 Å². The standard InChI is InChI=1S/C27H27F7N4O4/c28-16-6-1-4-14(12-16)20-19-7-2-5-15(13-39)21(19)37-25(42)23(36-20)38-24(41)18(9-11-27(32,33)34)17(22(35)40)8-3-10-26(29,30)31/h1-2,4-7,12,17-18,23,39H,3,8-11,13H2,(H2,35,40)(H,37,42)(H,38,41). The topological polar surface area (TPSA) is 134 Å². The van der Waals surface area contributed by atoms with Crippen LogP contribution in [0.1, 0.15) is 48.8 Å². The summed E-state index contributed by atoms with van der Waals surface area (Å²) in [6.07, 6.45) is -16.5. The molecule has 8 nitrogen and oxygen atoms in total. The summed E-state index contributed by atoms with van der Waals surface area (Å²) in [4.78, 5) is 42.9. The highest BCUT2D eigenvalue weighted by molar-refractivity contribution is 6.20. The molecule has 3 amide bonds. The SMILES string of the molecule is NC(=O)C(CCCC(F)(F)F)C(CCC(F)(F)F)C(=O)NC1N=C(c2cccc(F)c2)c2cccc(CO)c2NC1=O. The molecule has 2 aromatic carbocycles. The first-order chi connectivity index (χ1) is 19.6. The largest absolute Gasteiger partial charge is 0.392 e. The number of amides is 3. The van der Waals surface area contributed by atoms with Gasteiger partial charge < -0.3 is 21.5 Å². The molecule has 42 heavy (non-hydrogen) atoms. The van der Waals surface area contributed by atoms with Crippen LogP contribution < -0.4 is 16.4 Å². The van der Waals surface area contributed by atoms with Crippen LogP contribution >= 0.6 is 0 Å². The maximum Gasteiger partial charge on any atom is 0.389 e. The second-order valence-corrected chi connectivity index (χ2v) is 9.66. The lowest BCUT2D eigenvalue weighted by molar-refractivity contribution is -0.147. The predicted octanol–water partition coefficient (Wildman–Crippen LogP) is 4.34. The van der Waals surface area contributed by atoms with Gasteiger partial charge in [0.25, 0.3) is 5.91 Å². The number of aliphatic hydroxyl groups is 1. The molecule has 0 bridgehead atoms. The summed E-state index contributed by atoms with van der Waals surface area (Å²) >= 11 is 0. The number of halogens is 7. The van der Waals surface area contributed by atoms with Crippen LogP contribution in [0.15, 0.2) is 47.5 Å². The van der Waals surface area contributed by atoms with Crippen molar-refractivity contribution < 1.29 is 50.2 Å². The van der Waals surface area contributed by atoms with E-state index in [2.05, 4.69) is 15.6 Å². The van der Waals surface area contributed by atoms with Crippen molar-refractivity contribution in [1.82, 2.24) is 5.32 Å². The van der Waals surface area contributed by atoms with E-state index < -0.39 is 92.6 Å². The number of fused-ring (bicyclic) bond motifs is 1. The zero-order valence-corrected chi connectivity index (χ0v) is 21.9. The highest BCUT2D eigenvalue weighted by Gasteiger charge is 2.39. The quantitative estimate of drug-likeness (QED) is 0.284. The monoisotopic (exact) mass is 604 g/mol. The van der Waals surface area contributed by atoms with Crippen LogP contribution in [-0.2, 0) is 21.0 Å². The van der Waals surface area contributed by atoms with Crippen molar-refractivity contribution in [2.45, 2.75) is 57.2 Å². The van der Waals surface area contributed by atoms with Crippen LogP contribution in [0.3, 0.4) is 0 Å². The molecule has 0 radical (unpaired) electrons.